The fourth-order valence-electron chi connectivity index (χ4n) is 2.00. The van der Waals surface area contributed by atoms with Crippen molar-refractivity contribution in [1.82, 2.24) is 14.8 Å². The van der Waals surface area contributed by atoms with Gasteiger partial charge in [0.15, 0.2) is 5.82 Å². The van der Waals surface area contributed by atoms with E-state index in [2.05, 4.69) is 10.2 Å². The van der Waals surface area contributed by atoms with Gasteiger partial charge in [-0.3, -0.25) is 0 Å². The Balaban J connectivity index is 2.35. The second-order valence-electron chi connectivity index (χ2n) is 4.42. The molecular weight excluding hydrogens is 233 g/mol. The minimum Gasteiger partial charge on any atom is -0.388 e. The number of rotatable bonds is 4. The Bertz CT molecular complexity index is 537. The lowest BCUT2D eigenvalue weighted by molar-refractivity contribution is 0.261. The van der Waals surface area contributed by atoms with Gasteiger partial charge in [-0.25, -0.2) is 4.39 Å². The van der Waals surface area contributed by atoms with E-state index in [9.17, 15) is 9.50 Å². The topological polar surface area (TPSA) is 50.9 Å². The molecule has 0 atom stereocenters. The van der Waals surface area contributed by atoms with Crippen molar-refractivity contribution in [2.45, 2.75) is 32.9 Å². The number of aromatic nitrogens is 3. The summed E-state index contributed by atoms with van der Waals surface area (Å²) in [4.78, 5) is 0. The molecule has 0 amide bonds. The molecule has 0 saturated heterocycles. The van der Waals surface area contributed by atoms with Crippen LogP contribution in [0, 0.1) is 5.82 Å². The normalized spacial score (nSPS) is 11.2. The molecule has 0 spiro atoms. The summed E-state index contributed by atoms with van der Waals surface area (Å²) in [5.41, 5.74) is 0.580. The van der Waals surface area contributed by atoms with E-state index < -0.39 is 0 Å². The zero-order valence-corrected chi connectivity index (χ0v) is 10.5. The van der Waals surface area contributed by atoms with Crippen molar-refractivity contribution in [3.05, 3.63) is 47.3 Å². The third kappa shape index (κ3) is 2.41. The van der Waals surface area contributed by atoms with Crippen LogP contribution in [-0.2, 0) is 13.0 Å². The molecule has 0 aliphatic heterocycles. The van der Waals surface area contributed by atoms with E-state index in [0.717, 1.165) is 0 Å². The van der Waals surface area contributed by atoms with E-state index in [1.165, 1.54) is 6.07 Å². The molecule has 5 heteroatoms. The van der Waals surface area contributed by atoms with Gasteiger partial charge < -0.3 is 9.67 Å². The van der Waals surface area contributed by atoms with Crippen molar-refractivity contribution in [3.63, 3.8) is 0 Å². The van der Waals surface area contributed by atoms with Crippen LogP contribution in [0.3, 0.4) is 0 Å². The van der Waals surface area contributed by atoms with Gasteiger partial charge in [-0.1, -0.05) is 18.2 Å². The molecule has 0 unspecified atom stereocenters. The highest BCUT2D eigenvalue weighted by Crippen LogP contribution is 2.16. The van der Waals surface area contributed by atoms with Gasteiger partial charge in [0.05, 0.1) is 0 Å². The number of hydrogen-bond acceptors (Lipinski definition) is 3. The average molecular weight is 249 g/mol. The van der Waals surface area contributed by atoms with Gasteiger partial charge in [-0.2, -0.15) is 0 Å². The summed E-state index contributed by atoms with van der Waals surface area (Å²) in [6, 6.07) is 6.74. The van der Waals surface area contributed by atoms with Gasteiger partial charge in [0.25, 0.3) is 0 Å². The Hall–Kier alpha value is -1.75. The van der Waals surface area contributed by atoms with Gasteiger partial charge in [-0.05, 0) is 25.5 Å². The zero-order valence-electron chi connectivity index (χ0n) is 10.5. The predicted octanol–water partition coefficient (Wildman–Crippen LogP) is 2.08. The van der Waals surface area contributed by atoms with Gasteiger partial charge in [0.2, 0.25) is 0 Å². The standard InChI is InChI=1S/C13H16FN3O/c1-9(2)17-12(15-16-13(17)8-18)7-10-5-3-4-6-11(10)14/h3-6,9,18H,7-8H2,1-2H3. The number of aliphatic hydroxyl groups is 1. The number of nitrogens with zero attached hydrogens (tertiary/aromatic N) is 3. The fourth-order valence-corrected chi connectivity index (χ4v) is 2.00. The van der Waals surface area contributed by atoms with Crippen LogP contribution in [0.4, 0.5) is 4.39 Å². The summed E-state index contributed by atoms with van der Waals surface area (Å²) < 4.78 is 15.4. The Labute approximate surface area is 105 Å². The minimum absolute atomic E-state index is 0.129. The largest absolute Gasteiger partial charge is 0.388 e. The molecule has 2 aromatic rings. The molecule has 0 aliphatic carbocycles. The Kier molecular flexibility index (Phi) is 3.72. The molecule has 0 aliphatic rings. The lowest BCUT2D eigenvalue weighted by Gasteiger charge is -2.13. The lowest BCUT2D eigenvalue weighted by Crippen LogP contribution is -2.11. The number of benzene rings is 1. The average Bonchev–Trinajstić information content (AvgIpc) is 2.75. The van der Waals surface area contributed by atoms with Crippen molar-refractivity contribution in [2.24, 2.45) is 0 Å². The van der Waals surface area contributed by atoms with Crippen LogP contribution in [0.15, 0.2) is 24.3 Å². The quantitative estimate of drug-likeness (QED) is 0.902. The molecule has 0 bridgehead atoms. The van der Waals surface area contributed by atoms with Gasteiger partial charge >= 0.3 is 0 Å². The molecule has 0 saturated carbocycles. The van der Waals surface area contributed by atoms with Crippen LogP contribution in [-0.4, -0.2) is 19.9 Å². The monoisotopic (exact) mass is 249 g/mol. The maximum Gasteiger partial charge on any atom is 0.159 e. The highest BCUT2D eigenvalue weighted by molar-refractivity contribution is 5.21. The highest BCUT2D eigenvalue weighted by atomic mass is 19.1. The van der Waals surface area contributed by atoms with E-state index >= 15 is 0 Å². The summed E-state index contributed by atoms with van der Waals surface area (Å²) in [7, 11) is 0. The van der Waals surface area contributed by atoms with Crippen LogP contribution in [0.25, 0.3) is 0 Å². The predicted molar refractivity (Wildman–Crippen MR) is 65.5 cm³/mol. The SMILES string of the molecule is CC(C)n1c(CO)nnc1Cc1ccccc1F. The van der Waals surface area contributed by atoms with Crippen molar-refractivity contribution in [3.8, 4) is 0 Å². The molecule has 1 aromatic heterocycles. The Morgan fingerprint density at radius 2 is 1.89 bits per heavy atom. The van der Waals surface area contributed by atoms with E-state index in [1.807, 2.05) is 18.4 Å². The van der Waals surface area contributed by atoms with E-state index in [0.29, 0.717) is 23.6 Å². The van der Waals surface area contributed by atoms with E-state index in [-0.39, 0.29) is 18.5 Å². The van der Waals surface area contributed by atoms with Crippen molar-refractivity contribution in [1.29, 1.82) is 0 Å². The molecule has 0 radical (unpaired) electrons. The van der Waals surface area contributed by atoms with E-state index in [4.69, 9.17) is 0 Å². The summed E-state index contributed by atoms with van der Waals surface area (Å²) in [5.74, 6) is 0.928. The van der Waals surface area contributed by atoms with Crippen LogP contribution < -0.4 is 0 Å². The number of halogens is 1. The zero-order chi connectivity index (χ0) is 13.1. The minimum atomic E-state index is -0.249. The van der Waals surface area contributed by atoms with Crippen molar-refractivity contribution in [2.75, 3.05) is 0 Å². The van der Waals surface area contributed by atoms with E-state index in [1.54, 1.807) is 18.2 Å². The van der Waals surface area contributed by atoms with Crippen LogP contribution >= 0.6 is 0 Å². The third-order valence-electron chi connectivity index (χ3n) is 2.80. The second-order valence-corrected chi connectivity index (χ2v) is 4.42. The van der Waals surface area contributed by atoms with Gasteiger partial charge in [-0.15, -0.1) is 10.2 Å². The van der Waals surface area contributed by atoms with Crippen LogP contribution in [0.1, 0.15) is 37.1 Å². The molecule has 18 heavy (non-hydrogen) atoms. The first-order chi connectivity index (χ1) is 8.63. The fraction of sp³-hybridized carbons (Fsp3) is 0.385. The smallest absolute Gasteiger partial charge is 0.159 e. The van der Waals surface area contributed by atoms with Crippen molar-refractivity contribution >= 4 is 0 Å². The van der Waals surface area contributed by atoms with Gasteiger partial charge in [0.1, 0.15) is 18.2 Å². The number of hydrogen-bond donors (Lipinski definition) is 1. The highest BCUT2D eigenvalue weighted by Gasteiger charge is 2.15. The lowest BCUT2D eigenvalue weighted by atomic mass is 10.1. The molecule has 4 nitrogen and oxygen atoms in total. The second kappa shape index (κ2) is 5.27. The maximum atomic E-state index is 13.6. The molecule has 0 fully saturated rings. The van der Waals surface area contributed by atoms with Crippen LogP contribution in [0.2, 0.25) is 0 Å². The maximum absolute atomic E-state index is 13.6. The molecular formula is C13H16FN3O. The Morgan fingerprint density at radius 3 is 2.50 bits per heavy atom. The molecule has 2 rings (SSSR count). The first-order valence-corrected chi connectivity index (χ1v) is 5.90. The first kappa shape index (κ1) is 12.7. The molecule has 1 N–H and O–H groups in total. The third-order valence-corrected chi connectivity index (χ3v) is 2.80. The molecule has 1 heterocycles. The number of aliphatic hydroxyl groups excluding tert-OH is 1. The summed E-state index contributed by atoms with van der Waals surface area (Å²) in [6.07, 6.45) is 0.373. The summed E-state index contributed by atoms with van der Waals surface area (Å²) >= 11 is 0. The summed E-state index contributed by atoms with van der Waals surface area (Å²) in [6.45, 7) is 3.79. The van der Waals surface area contributed by atoms with Crippen molar-refractivity contribution < 1.29 is 9.50 Å². The first-order valence-electron chi connectivity index (χ1n) is 5.90. The van der Waals surface area contributed by atoms with Gasteiger partial charge in [0, 0.05) is 12.5 Å². The Morgan fingerprint density at radius 1 is 1.22 bits per heavy atom. The molecule has 96 valence electrons. The summed E-state index contributed by atoms with van der Waals surface area (Å²) in [5, 5.41) is 17.2. The molecule has 1 aromatic carbocycles. The van der Waals surface area contributed by atoms with Crippen LogP contribution in [0.5, 0.6) is 0 Å².